The zero-order valence-electron chi connectivity index (χ0n) is 28.6. The molecule has 0 aliphatic rings. The lowest BCUT2D eigenvalue weighted by molar-refractivity contribution is -0.140. The topological polar surface area (TPSA) is 135 Å². The van der Waals surface area contributed by atoms with Crippen LogP contribution in [0, 0.1) is 0 Å². The van der Waals surface area contributed by atoms with Crippen LogP contribution >= 0.6 is 0 Å². The number of likely N-dealkylation sites (N-methyl/N-ethyl adjacent to an activating group) is 1. The van der Waals surface area contributed by atoms with Crippen molar-refractivity contribution in [3.8, 4) is 5.75 Å². The minimum Gasteiger partial charge on any atom is -0.489 e. The number of hydrogen-bond donors (Lipinski definition) is 3. The summed E-state index contributed by atoms with van der Waals surface area (Å²) < 4.78 is 17.1. The molecule has 0 saturated heterocycles. The molecule has 0 unspecified atom stereocenters. The molecule has 11 nitrogen and oxygen atoms in total. The second-order valence-corrected chi connectivity index (χ2v) is 11.9. The van der Waals surface area contributed by atoms with E-state index < -0.39 is 24.1 Å². The van der Waals surface area contributed by atoms with Crippen molar-refractivity contribution in [1.82, 2.24) is 25.5 Å². The highest BCUT2D eigenvalue weighted by Gasteiger charge is 2.33. The predicted molar refractivity (Wildman–Crippen MR) is 192 cm³/mol. The minimum atomic E-state index is -1.06. The van der Waals surface area contributed by atoms with Gasteiger partial charge in [-0.2, -0.15) is 0 Å². The number of rotatable bonds is 18. The van der Waals surface area contributed by atoms with E-state index >= 15 is 0 Å². The standard InChI is InChI=1S/C40H43N5O6/c1-45(39(47)36(24-34-25-41-29-43-34)44-40(48)51-28-33-15-9-4-10-16-33)37(38(46)42-21-22-49-26-31-11-5-2-6-12-31)23-30-17-19-35(20-18-30)50-27-32-13-7-3-8-14-32/h2-20,25,29,36-37H,21-24,26-28H2,1H3,(H,41,43)(H,42,46)(H,44,48)/t36-,37+/m0/s1. The number of hydrogen-bond acceptors (Lipinski definition) is 7. The molecule has 1 aromatic heterocycles. The monoisotopic (exact) mass is 689 g/mol. The summed E-state index contributed by atoms with van der Waals surface area (Å²) in [6.45, 7) is 1.41. The number of amides is 3. The lowest BCUT2D eigenvalue weighted by Crippen LogP contribution is -2.56. The molecule has 0 bridgehead atoms. The summed E-state index contributed by atoms with van der Waals surface area (Å²) in [5, 5.41) is 5.63. The number of benzene rings is 4. The van der Waals surface area contributed by atoms with Crippen molar-refractivity contribution in [3.05, 3.63) is 156 Å². The van der Waals surface area contributed by atoms with Gasteiger partial charge in [0.1, 0.15) is 31.0 Å². The van der Waals surface area contributed by atoms with E-state index in [1.54, 1.807) is 13.2 Å². The van der Waals surface area contributed by atoms with E-state index in [4.69, 9.17) is 14.2 Å². The molecule has 11 heteroatoms. The number of nitrogens with zero attached hydrogens (tertiary/aromatic N) is 2. The molecule has 51 heavy (non-hydrogen) atoms. The van der Waals surface area contributed by atoms with E-state index in [0.29, 0.717) is 24.7 Å². The first kappa shape index (κ1) is 36.3. The van der Waals surface area contributed by atoms with Crippen molar-refractivity contribution in [3.63, 3.8) is 0 Å². The van der Waals surface area contributed by atoms with Gasteiger partial charge in [0, 0.05) is 32.6 Å². The lowest BCUT2D eigenvalue weighted by Gasteiger charge is -2.31. The van der Waals surface area contributed by atoms with E-state index in [-0.39, 0.29) is 38.5 Å². The Labute approximate surface area is 298 Å². The molecule has 2 atom stereocenters. The molecule has 1 heterocycles. The molecule has 264 valence electrons. The number of H-pyrrole nitrogens is 1. The fourth-order valence-electron chi connectivity index (χ4n) is 5.34. The van der Waals surface area contributed by atoms with Gasteiger partial charge in [0.2, 0.25) is 11.8 Å². The first-order valence-corrected chi connectivity index (χ1v) is 16.8. The molecule has 0 saturated carbocycles. The van der Waals surface area contributed by atoms with E-state index in [2.05, 4.69) is 20.6 Å². The van der Waals surface area contributed by atoms with Crippen LogP contribution in [0.25, 0.3) is 0 Å². The maximum atomic E-state index is 14.1. The molecule has 0 spiro atoms. The van der Waals surface area contributed by atoms with E-state index in [1.807, 2.05) is 115 Å². The average molecular weight is 690 g/mol. The zero-order valence-corrected chi connectivity index (χ0v) is 28.6. The van der Waals surface area contributed by atoms with E-state index in [1.165, 1.54) is 11.2 Å². The minimum absolute atomic E-state index is 0.0360. The van der Waals surface area contributed by atoms with E-state index in [0.717, 1.165) is 22.3 Å². The molecule has 4 aromatic carbocycles. The summed E-state index contributed by atoms with van der Waals surface area (Å²) in [6, 6.07) is 34.4. The van der Waals surface area contributed by atoms with Crippen LogP contribution in [0.3, 0.4) is 0 Å². The van der Waals surface area contributed by atoms with Gasteiger partial charge < -0.3 is 34.7 Å². The molecule has 0 radical (unpaired) electrons. The maximum absolute atomic E-state index is 14.1. The highest BCUT2D eigenvalue weighted by molar-refractivity contribution is 5.91. The number of ether oxygens (including phenoxy) is 3. The molecule has 0 fully saturated rings. The number of aromatic nitrogens is 2. The molecular weight excluding hydrogens is 646 g/mol. The first-order chi connectivity index (χ1) is 24.9. The largest absolute Gasteiger partial charge is 0.489 e. The third-order valence-corrected chi connectivity index (χ3v) is 8.15. The van der Waals surface area contributed by atoms with Crippen molar-refractivity contribution < 1.29 is 28.6 Å². The molecule has 5 rings (SSSR count). The van der Waals surface area contributed by atoms with Crippen LogP contribution in [0.1, 0.15) is 27.9 Å². The Morgan fingerprint density at radius 2 is 1.35 bits per heavy atom. The van der Waals surface area contributed by atoms with Crippen LogP contribution in [0.15, 0.2) is 128 Å². The molecule has 0 aliphatic heterocycles. The lowest BCUT2D eigenvalue weighted by atomic mass is 10.0. The van der Waals surface area contributed by atoms with Crippen LogP contribution in [0.4, 0.5) is 4.79 Å². The zero-order chi connectivity index (χ0) is 35.7. The van der Waals surface area contributed by atoms with Gasteiger partial charge in [-0.1, -0.05) is 103 Å². The quantitative estimate of drug-likeness (QED) is 0.107. The van der Waals surface area contributed by atoms with Crippen molar-refractivity contribution in [2.75, 3.05) is 20.2 Å². The molecule has 0 aliphatic carbocycles. The Morgan fingerprint density at radius 1 is 0.745 bits per heavy atom. The van der Waals surface area contributed by atoms with Crippen LogP contribution in [-0.2, 0) is 51.7 Å². The summed E-state index contributed by atoms with van der Waals surface area (Å²) in [5.41, 5.74) is 4.27. The van der Waals surface area contributed by atoms with Gasteiger partial charge in [-0.3, -0.25) is 9.59 Å². The first-order valence-electron chi connectivity index (χ1n) is 16.8. The highest BCUT2D eigenvalue weighted by Crippen LogP contribution is 2.18. The van der Waals surface area contributed by atoms with Crippen LogP contribution in [0.2, 0.25) is 0 Å². The Hall–Kier alpha value is -5.94. The van der Waals surface area contributed by atoms with Gasteiger partial charge >= 0.3 is 6.09 Å². The van der Waals surface area contributed by atoms with Crippen LogP contribution in [-0.4, -0.2) is 65.1 Å². The summed E-state index contributed by atoms with van der Waals surface area (Å²) in [6.07, 6.45) is 2.69. The molecule has 3 N–H and O–H groups in total. The number of aromatic amines is 1. The number of alkyl carbamates (subject to hydrolysis) is 1. The Bertz CT molecular complexity index is 1770. The predicted octanol–water partition coefficient (Wildman–Crippen LogP) is 5.23. The smallest absolute Gasteiger partial charge is 0.408 e. The number of nitrogens with one attached hydrogen (secondary N) is 3. The normalized spacial score (nSPS) is 11.9. The summed E-state index contributed by atoms with van der Waals surface area (Å²) >= 11 is 0. The van der Waals surface area contributed by atoms with Gasteiger partial charge in [-0.15, -0.1) is 0 Å². The fraction of sp³-hybridized carbons (Fsp3) is 0.250. The van der Waals surface area contributed by atoms with Gasteiger partial charge in [0.15, 0.2) is 0 Å². The summed E-state index contributed by atoms with van der Waals surface area (Å²) in [4.78, 5) is 49.3. The Morgan fingerprint density at radius 3 is 1.96 bits per heavy atom. The van der Waals surface area contributed by atoms with Crippen molar-refractivity contribution in [2.45, 2.75) is 44.7 Å². The molecule has 5 aromatic rings. The number of carbonyl (C=O) groups excluding carboxylic acids is 3. The molecular formula is C40H43N5O6. The van der Waals surface area contributed by atoms with Gasteiger partial charge in [-0.25, -0.2) is 9.78 Å². The van der Waals surface area contributed by atoms with Crippen molar-refractivity contribution in [1.29, 1.82) is 0 Å². The second kappa shape index (κ2) is 19.3. The van der Waals surface area contributed by atoms with Crippen LogP contribution < -0.4 is 15.4 Å². The fourth-order valence-corrected chi connectivity index (χ4v) is 5.34. The number of carbonyl (C=O) groups is 3. The van der Waals surface area contributed by atoms with Gasteiger partial charge in [0.05, 0.1) is 25.2 Å². The van der Waals surface area contributed by atoms with Crippen molar-refractivity contribution >= 4 is 17.9 Å². The summed E-state index contributed by atoms with van der Waals surface area (Å²) in [7, 11) is 1.56. The van der Waals surface area contributed by atoms with Gasteiger partial charge in [-0.05, 0) is 34.4 Å². The Balaban J connectivity index is 1.26. The van der Waals surface area contributed by atoms with Crippen molar-refractivity contribution in [2.24, 2.45) is 0 Å². The third kappa shape index (κ3) is 11.9. The van der Waals surface area contributed by atoms with Crippen LogP contribution in [0.5, 0.6) is 5.75 Å². The maximum Gasteiger partial charge on any atom is 0.408 e. The Kier molecular flexibility index (Phi) is 13.8. The van der Waals surface area contributed by atoms with E-state index in [9.17, 15) is 14.4 Å². The summed E-state index contributed by atoms with van der Waals surface area (Å²) in [5.74, 6) is -0.150. The average Bonchev–Trinajstić information content (AvgIpc) is 3.69. The molecule has 3 amide bonds. The second-order valence-electron chi connectivity index (χ2n) is 11.9. The highest BCUT2D eigenvalue weighted by atomic mass is 16.5. The van der Waals surface area contributed by atoms with Gasteiger partial charge in [0.25, 0.3) is 0 Å². The number of imidazole rings is 1. The SMILES string of the molecule is CN(C(=O)[C@H](Cc1c[nH]cn1)NC(=O)OCc1ccccc1)[C@H](Cc1ccc(OCc2ccccc2)cc1)C(=O)NCCOCc1ccccc1. The third-order valence-electron chi connectivity index (χ3n) is 8.15.